The molecule has 0 unspecified atom stereocenters. The summed E-state index contributed by atoms with van der Waals surface area (Å²) in [5.74, 6) is -0.791. The van der Waals surface area contributed by atoms with Gasteiger partial charge in [0, 0.05) is 15.6 Å². The molecule has 92 valence electrons. The van der Waals surface area contributed by atoms with Gasteiger partial charge in [-0.3, -0.25) is 4.79 Å². The maximum Gasteiger partial charge on any atom is 0.193 e. The molecule has 0 aliphatic heterocycles. The van der Waals surface area contributed by atoms with Crippen molar-refractivity contribution in [3.8, 4) is 0 Å². The molecule has 0 saturated heterocycles. The molecule has 4 heteroatoms. The van der Waals surface area contributed by atoms with Gasteiger partial charge in [0.1, 0.15) is 5.82 Å². The number of carbonyl (C=O) groups is 1. The summed E-state index contributed by atoms with van der Waals surface area (Å²) >= 11 is 3.32. The summed E-state index contributed by atoms with van der Waals surface area (Å²) in [5.41, 5.74) is 7.12. The molecule has 18 heavy (non-hydrogen) atoms. The first-order chi connectivity index (χ1) is 8.49. The van der Waals surface area contributed by atoms with E-state index in [0.29, 0.717) is 11.1 Å². The van der Waals surface area contributed by atoms with Crippen LogP contribution >= 0.6 is 15.9 Å². The lowest BCUT2D eigenvalue weighted by atomic mass is 9.99. The molecule has 0 radical (unpaired) electrons. The van der Waals surface area contributed by atoms with Gasteiger partial charge in [-0.1, -0.05) is 22.0 Å². The molecule has 0 aromatic heterocycles. The van der Waals surface area contributed by atoms with E-state index in [2.05, 4.69) is 15.9 Å². The molecule has 2 N–H and O–H groups in total. The molecule has 0 aliphatic carbocycles. The van der Waals surface area contributed by atoms with Crippen LogP contribution in [0.1, 0.15) is 21.5 Å². The molecule has 0 aliphatic rings. The Morgan fingerprint density at radius 2 is 1.94 bits per heavy atom. The predicted molar refractivity (Wildman–Crippen MR) is 73.1 cm³/mol. The highest BCUT2D eigenvalue weighted by atomic mass is 79.9. The summed E-state index contributed by atoms with van der Waals surface area (Å²) in [5, 5.41) is 0. The van der Waals surface area contributed by atoms with Gasteiger partial charge in [-0.15, -0.1) is 0 Å². The largest absolute Gasteiger partial charge is 0.396 e. The summed E-state index contributed by atoms with van der Waals surface area (Å²) in [7, 11) is 0. The molecule has 0 amide bonds. The second kappa shape index (κ2) is 4.90. The van der Waals surface area contributed by atoms with Gasteiger partial charge < -0.3 is 5.73 Å². The van der Waals surface area contributed by atoms with Crippen molar-refractivity contribution in [2.45, 2.75) is 6.92 Å². The minimum Gasteiger partial charge on any atom is -0.396 e. The average Bonchev–Trinajstić information content (AvgIpc) is 2.35. The zero-order chi connectivity index (χ0) is 13.3. The fourth-order valence-electron chi connectivity index (χ4n) is 1.66. The summed E-state index contributed by atoms with van der Waals surface area (Å²) in [4.78, 5) is 12.3. The summed E-state index contributed by atoms with van der Waals surface area (Å²) in [6.07, 6.45) is 0. The highest BCUT2D eigenvalue weighted by molar-refractivity contribution is 9.10. The Balaban J connectivity index is 2.47. The Labute approximate surface area is 113 Å². The van der Waals surface area contributed by atoms with Crippen LogP contribution in [0, 0.1) is 12.7 Å². The third-order valence-corrected chi connectivity index (χ3v) is 3.20. The van der Waals surface area contributed by atoms with Crippen molar-refractivity contribution in [3.05, 3.63) is 63.4 Å². The Morgan fingerprint density at radius 3 is 2.61 bits per heavy atom. The van der Waals surface area contributed by atoms with E-state index in [1.807, 2.05) is 19.1 Å². The zero-order valence-electron chi connectivity index (χ0n) is 9.71. The Hall–Kier alpha value is -1.68. The van der Waals surface area contributed by atoms with Gasteiger partial charge in [-0.2, -0.15) is 0 Å². The fraction of sp³-hybridized carbons (Fsp3) is 0.0714. The van der Waals surface area contributed by atoms with Gasteiger partial charge in [0.05, 0.1) is 5.69 Å². The van der Waals surface area contributed by atoms with Gasteiger partial charge in [0.15, 0.2) is 5.78 Å². The molecule has 2 rings (SSSR count). The number of ketones is 1. The smallest absolute Gasteiger partial charge is 0.193 e. The fourth-order valence-corrected chi connectivity index (χ4v) is 2.02. The molecular formula is C14H11BrFNO. The second-order valence-corrected chi connectivity index (χ2v) is 4.94. The van der Waals surface area contributed by atoms with Gasteiger partial charge >= 0.3 is 0 Å². The number of hydrogen-bond donors (Lipinski definition) is 1. The van der Waals surface area contributed by atoms with E-state index in [9.17, 15) is 9.18 Å². The van der Waals surface area contributed by atoms with E-state index in [0.717, 1.165) is 16.1 Å². The minimum atomic E-state index is -0.575. The Kier molecular flexibility index (Phi) is 3.48. The predicted octanol–water partition coefficient (Wildman–Crippen LogP) is 3.71. The lowest BCUT2D eigenvalue weighted by Gasteiger charge is -2.06. The van der Waals surface area contributed by atoms with Crippen LogP contribution in [0.25, 0.3) is 0 Å². The molecule has 0 heterocycles. The number of nitrogen functional groups attached to an aromatic ring is 1. The van der Waals surface area contributed by atoms with Gasteiger partial charge in [0.25, 0.3) is 0 Å². The normalized spacial score (nSPS) is 10.4. The molecular weight excluding hydrogens is 297 g/mol. The molecule has 0 spiro atoms. The number of carbonyl (C=O) groups excluding carboxylic acids is 1. The minimum absolute atomic E-state index is 0.0394. The first-order valence-electron chi connectivity index (χ1n) is 5.35. The van der Waals surface area contributed by atoms with E-state index in [4.69, 9.17) is 5.73 Å². The molecule has 2 aromatic carbocycles. The quantitative estimate of drug-likeness (QED) is 0.679. The second-order valence-electron chi connectivity index (χ2n) is 4.02. The average molecular weight is 308 g/mol. The van der Waals surface area contributed by atoms with Crippen LogP contribution in [0.5, 0.6) is 0 Å². The highest BCUT2D eigenvalue weighted by Crippen LogP contribution is 2.21. The van der Waals surface area contributed by atoms with Crippen molar-refractivity contribution in [1.82, 2.24) is 0 Å². The first kappa shape index (κ1) is 12.8. The lowest BCUT2D eigenvalue weighted by Crippen LogP contribution is -2.05. The maximum absolute atomic E-state index is 13.3. The number of aryl methyl sites for hydroxylation is 1. The van der Waals surface area contributed by atoms with Crippen molar-refractivity contribution in [2.24, 2.45) is 0 Å². The summed E-state index contributed by atoms with van der Waals surface area (Å²) in [6, 6.07) is 9.52. The van der Waals surface area contributed by atoms with E-state index < -0.39 is 5.82 Å². The van der Waals surface area contributed by atoms with Crippen LogP contribution in [0.15, 0.2) is 40.9 Å². The zero-order valence-corrected chi connectivity index (χ0v) is 11.3. The monoisotopic (exact) mass is 307 g/mol. The van der Waals surface area contributed by atoms with Crippen LogP contribution in [-0.2, 0) is 0 Å². The molecule has 0 atom stereocenters. The van der Waals surface area contributed by atoms with E-state index in [1.165, 1.54) is 12.1 Å². The highest BCUT2D eigenvalue weighted by Gasteiger charge is 2.13. The number of halogens is 2. The molecule has 0 saturated carbocycles. The van der Waals surface area contributed by atoms with Gasteiger partial charge in [0.2, 0.25) is 0 Å². The topological polar surface area (TPSA) is 43.1 Å². The Bertz CT molecular complexity index is 625. The summed E-state index contributed by atoms with van der Waals surface area (Å²) < 4.78 is 14.2. The van der Waals surface area contributed by atoms with Crippen molar-refractivity contribution in [1.29, 1.82) is 0 Å². The number of benzene rings is 2. The van der Waals surface area contributed by atoms with Crippen molar-refractivity contribution >= 4 is 27.4 Å². The number of nitrogens with two attached hydrogens (primary N) is 1. The van der Waals surface area contributed by atoms with Gasteiger partial charge in [-0.05, 0) is 42.8 Å². The summed E-state index contributed by atoms with van der Waals surface area (Å²) in [6.45, 7) is 1.84. The lowest BCUT2D eigenvalue weighted by molar-refractivity contribution is 0.103. The van der Waals surface area contributed by atoms with Crippen LogP contribution in [0.2, 0.25) is 0 Å². The standard InChI is InChI=1S/C14H11BrFNO/c1-8-2-4-10(15)7-11(8)14(18)9-3-5-13(17)12(16)6-9/h2-7H,17H2,1H3. The van der Waals surface area contributed by atoms with Gasteiger partial charge in [-0.25, -0.2) is 4.39 Å². The van der Waals surface area contributed by atoms with Crippen molar-refractivity contribution in [3.63, 3.8) is 0 Å². The third kappa shape index (κ3) is 2.43. The molecule has 0 fully saturated rings. The number of rotatable bonds is 2. The molecule has 2 nitrogen and oxygen atoms in total. The first-order valence-corrected chi connectivity index (χ1v) is 6.14. The SMILES string of the molecule is Cc1ccc(Br)cc1C(=O)c1ccc(N)c(F)c1. The van der Waals surface area contributed by atoms with Crippen LogP contribution in [0.4, 0.5) is 10.1 Å². The van der Waals surface area contributed by atoms with Crippen LogP contribution < -0.4 is 5.73 Å². The molecule has 0 bridgehead atoms. The van der Waals surface area contributed by atoms with Crippen LogP contribution in [0.3, 0.4) is 0 Å². The van der Waals surface area contributed by atoms with Crippen LogP contribution in [-0.4, -0.2) is 5.78 Å². The van der Waals surface area contributed by atoms with Crippen molar-refractivity contribution in [2.75, 3.05) is 5.73 Å². The number of anilines is 1. The number of hydrogen-bond acceptors (Lipinski definition) is 2. The van der Waals surface area contributed by atoms with E-state index in [1.54, 1.807) is 6.07 Å². The maximum atomic E-state index is 13.3. The van der Waals surface area contributed by atoms with E-state index in [-0.39, 0.29) is 11.5 Å². The third-order valence-electron chi connectivity index (χ3n) is 2.71. The Morgan fingerprint density at radius 1 is 1.22 bits per heavy atom. The van der Waals surface area contributed by atoms with Crippen molar-refractivity contribution < 1.29 is 9.18 Å². The van der Waals surface area contributed by atoms with E-state index >= 15 is 0 Å². The molecule has 2 aromatic rings.